The fourth-order valence-corrected chi connectivity index (χ4v) is 3.31. The van der Waals surface area contributed by atoms with Gasteiger partial charge < -0.3 is 13.9 Å². The van der Waals surface area contributed by atoms with Crippen molar-refractivity contribution in [2.75, 3.05) is 7.11 Å². The summed E-state index contributed by atoms with van der Waals surface area (Å²) in [4.78, 5) is 13.0. The Morgan fingerprint density at radius 3 is 2.15 bits per heavy atom. The maximum Gasteiger partial charge on any atom is 0.450 e. The molecule has 0 aliphatic heterocycles. The van der Waals surface area contributed by atoms with Crippen molar-refractivity contribution in [2.24, 2.45) is 0 Å². The minimum atomic E-state index is -4.96. The van der Waals surface area contributed by atoms with E-state index < -0.39 is 41.2 Å². The quantitative estimate of drug-likeness (QED) is 0.325. The highest BCUT2D eigenvalue weighted by atomic mass is 19.4. The molecule has 0 aliphatic rings. The molecule has 4 rings (SSSR count). The van der Waals surface area contributed by atoms with Gasteiger partial charge in [-0.15, -0.1) is 0 Å². The van der Waals surface area contributed by atoms with Crippen LogP contribution in [0.1, 0.15) is 11.3 Å². The summed E-state index contributed by atoms with van der Waals surface area (Å²) in [6, 6.07) is 12.4. The van der Waals surface area contributed by atoms with Gasteiger partial charge in [0.05, 0.1) is 23.6 Å². The van der Waals surface area contributed by atoms with Crippen molar-refractivity contribution < 1.29 is 35.8 Å². The van der Waals surface area contributed by atoms with Crippen LogP contribution in [0.4, 0.5) is 22.0 Å². The van der Waals surface area contributed by atoms with E-state index in [4.69, 9.17) is 13.9 Å². The summed E-state index contributed by atoms with van der Waals surface area (Å²) in [5, 5.41) is -0.113. The molecular formula is C24H15F5O4. The highest BCUT2D eigenvalue weighted by Crippen LogP contribution is 2.38. The summed E-state index contributed by atoms with van der Waals surface area (Å²) in [7, 11) is 1.40. The van der Waals surface area contributed by atoms with Gasteiger partial charge in [-0.3, -0.25) is 4.79 Å². The maximum atomic E-state index is 13.8. The summed E-state index contributed by atoms with van der Waals surface area (Å²) < 4.78 is 84.3. The molecule has 0 saturated carbocycles. The number of benzene rings is 3. The van der Waals surface area contributed by atoms with E-state index in [1.165, 1.54) is 49.6 Å². The second-order valence-electron chi connectivity index (χ2n) is 7.01. The van der Waals surface area contributed by atoms with Crippen LogP contribution in [-0.2, 0) is 12.8 Å². The molecule has 1 aromatic heterocycles. The molecule has 170 valence electrons. The molecule has 0 bridgehead atoms. The molecule has 33 heavy (non-hydrogen) atoms. The van der Waals surface area contributed by atoms with Crippen LogP contribution >= 0.6 is 0 Å². The van der Waals surface area contributed by atoms with Crippen LogP contribution in [0.2, 0.25) is 0 Å². The van der Waals surface area contributed by atoms with Gasteiger partial charge in [-0.05, 0) is 42.0 Å². The average molecular weight is 462 g/mol. The Balaban J connectivity index is 1.78. The van der Waals surface area contributed by atoms with Crippen molar-refractivity contribution in [1.29, 1.82) is 0 Å². The van der Waals surface area contributed by atoms with Gasteiger partial charge in [-0.2, -0.15) is 13.2 Å². The Kier molecular flexibility index (Phi) is 5.80. The number of fused-ring (bicyclic) bond motifs is 1. The molecule has 0 aliphatic carbocycles. The second-order valence-corrected chi connectivity index (χ2v) is 7.01. The third-order valence-electron chi connectivity index (χ3n) is 4.94. The lowest BCUT2D eigenvalue weighted by atomic mass is 10.0. The number of halogens is 5. The van der Waals surface area contributed by atoms with E-state index in [9.17, 15) is 26.7 Å². The molecule has 0 N–H and O–H groups in total. The molecule has 3 aromatic carbocycles. The van der Waals surface area contributed by atoms with Gasteiger partial charge in [0.25, 0.3) is 0 Å². The van der Waals surface area contributed by atoms with Crippen molar-refractivity contribution in [2.45, 2.75) is 12.8 Å². The second kappa shape index (κ2) is 8.57. The molecule has 0 fully saturated rings. The van der Waals surface area contributed by atoms with Gasteiger partial charge in [0.2, 0.25) is 11.2 Å². The van der Waals surface area contributed by atoms with Crippen molar-refractivity contribution in [3.63, 3.8) is 0 Å². The average Bonchev–Trinajstić information content (AvgIpc) is 2.78. The van der Waals surface area contributed by atoms with E-state index in [0.717, 1.165) is 18.2 Å². The molecule has 1 heterocycles. The molecule has 0 spiro atoms. The van der Waals surface area contributed by atoms with Gasteiger partial charge in [0.1, 0.15) is 35.3 Å². The lowest BCUT2D eigenvalue weighted by molar-refractivity contribution is -0.152. The zero-order chi connectivity index (χ0) is 23.8. The van der Waals surface area contributed by atoms with Crippen molar-refractivity contribution in [1.82, 2.24) is 0 Å². The van der Waals surface area contributed by atoms with Gasteiger partial charge >= 0.3 is 6.18 Å². The number of ether oxygens (including phenoxy) is 2. The molecule has 0 saturated heterocycles. The molecule has 4 nitrogen and oxygen atoms in total. The number of hydrogen-bond donors (Lipinski definition) is 0. The van der Waals surface area contributed by atoms with E-state index >= 15 is 0 Å². The normalized spacial score (nSPS) is 11.6. The van der Waals surface area contributed by atoms with E-state index in [-0.39, 0.29) is 27.8 Å². The number of hydrogen-bond acceptors (Lipinski definition) is 4. The lowest BCUT2D eigenvalue weighted by Crippen LogP contribution is -2.16. The van der Waals surface area contributed by atoms with Gasteiger partial charge in [0.15, 0.2) is 0 Å². The van der Waals surface area contributed by atoms with Gasteiger partial charge in [-0.1, -0.05) is 18.2 Å². The first-order valence-electron chi connectivity index (χ1n) is 9.57. The maximum absolute atomic E-state index is 13.8. The number of rotatable bonds is 5. The smallest absolute Gasteiger partial charge is 0.450 e. The van der Waals surface area contributed by atoms with E-state index in [1.807, 2.05) is 0 Å². The summed E-state index contributed by atoms with van der Waals surface area (Å²) in [5.74, 6) is -2.75. The molecule has 0 unspecified atom stereocenters. The van der Waals surface area contributed by atoms with Crippen molar-refractivity contribution in [3.8, 4) is 22.6 Å². The molecule has 0 radical (unpaired) electrons. The molecule has 0 atom stereocenters. The van der Waals surface area contributed by atoms with Gasteiger partial charge in [0, 0.05) is 6.07 Å². The zero-order valence-electron chi connectivity index (χ0n) is 17.0. The fraction of sp³-hybridized carbons (Fsp3) is 0.125. The first-order chi connectivity index (χ1) is 15.7. The van der Waals surface area contributed by atoms with E-state index in [1.54, 1.807) is 0 Å². The molecule has 9 heteroatoms. The van der Waals surface area contributed by atoms with Crippen LogP contribution in [0, 0.1) is 11.6 Å². The highest BCUT2D eigenvalue weighted by molar-refractivity contribution is 5.84. The Labute approximate surface area is 183 Å². The largest absolute Gasteiger partial charge is 0.497 e. The first kappa shape index (κ1) is 22.3. The Morgan fingerprint density at radius 1 is 0.909 bits per heavy atom. The zero-order valence-corrected chi connectivity index (χ0v) is 17.0. The Bertz CT molecular complexity index is 1350. The fourth-order valence-electron chi connectivity index (χ4n) is 3.31. The van der Waals surface area contributed by atoms with Crippen LogP contribution in [0.25, 0.3) is 22.1 Å². The predicted octanol–water partition coefficient (Wildman–Crippen LogP) is 6.34. The minimum absolute atomic E-state index is 0.00845. The van der Waals surface area contributed by atoms with Crippen LogP contribution in [-0.4, -0.2) is 7.11 Å². The van der Waals surface area contributed by atoms with Crippen molar-refractivity contribution in [3.05, 3.63) is 93.8 Å². The number of alkyl halides is 3. The Morgan fingerprint density at radius 2 is 1.55 bits per heavy atom. The van der Waals surface area contributed by atoms with Crippen LogP contribution in [0.3, 0.4) is 0 Å². The molecule has 4 aromatic rings. The highest BCUT2D eigenvalue weighted by Gasteiger charge is 2.39. The summed E-state index contributed by atoms with van der Waals surface area (Å²) in [6.45, 7) is -0.510. The van der Waals surface area contributed by atoms with Crippen LogP contribution < -0.4 is 14.9 Å². The minimum Gasteiger partial charge on any atom is -0.497 e. The summed E-state index contributed by atoms with van der Waals surface area (Å²) in [6.07, 6.45) is -4.96. The third-order valence-corrected chi connectivity index (χ3v) is 4.94. The molecule has 0 amide bonds. The number of methoxy groups -OCH3 is 1. The standard InChI is InChI=1S/C24H15F5O4/c1-31-14-7-5-13(6-8-14)21-22(30)16-10-9-15(11-20(16)33-23(21)24(27,28)29)32-12-17-18(25)3-2-4-19(17)26/h2-11H,12H2,1H3. The van der Waals surface area contributed by atoms with Crippen molar-refractivity contribution >= 4 is 11.0 Å². The monoisotopic (exact) mass is 462 g/mol. The molecular weight excluding hydrogens is 447 g/mol. The summed E-state index contributed by atoms with van der Waals surface area (Å²) >= 11 is 0. The first-order valence-corrected chi connectivity index (χ1v) is 9.57. The predicted molar refractivity (Wildman–Crippen MR) is 110 cm³/mol. The topological polar surface area (TPSA) is 48.7 Å². The van der Waals surface area contributed by atoms with Gasteiger partial charge in [-0.25, -0.2) is 8.78 Å². The summed E-state index contributed by atoms with van der Waals surface area (Å²) in [5.41, 5.74) is -2.24. The van der Waals surface area contributed by atoms with Crippen LogP contribution in [0.5, 0.6) is 11.5 Å². The van der Waals surface area contributed by atoms with Crippen LogP contribution in [0.15, 0.2) is 69.9 Å². The van der Waals surface area contributed by atoms with E-state index in [2.05, 4.69) is 0 Å². The Hall–Kier alpha value is -3.88. The SMILES string of the molecule is COc1ccc(-c2c(C(F)(F)F)oc3cc(OCc4c(F)cccc4F)ccc3c2=O)cc1. The van der Waals surface area contributed by atoms with E-state index in [0.29, 0.717) is 5.75 Å². The lowest BCUT2D eigenvalue weighted by Gasteiger charge is -2.14. The third kappa shape index (κ3) is 4.39.